The fourth-order valence-corrected chi connectivity index (χ4v) is 3.97. The molecule has 2 heteroatoms. The van der Waals surface area contributed by atoms with Gasteiger partial charge in [0.1, 0.15) is 0 Å². The van der Waals surface area contributed by atoms with Gasteiger partial charge in [-0.05, 0) is 57.2 Å². The molecule has 3 atom stereocenters. The number of fused-ring (bicyclic) bond motifs is 1. The van der Waals surface area contributed by atoms with Crippen LogP contribution >= 0.6 is 0 Å². The van der Waals surface area contributed by atoms with E-state index in [1.165, 1.54) is 19.3 Å². The van der Waals surface area contributed by atoms with E-state index in [0.29, 0.717) is 5.41 Å². The van der Waals surface area contributed by atoms with Crippen LogP contribution in [-0.4, -0.2) is 37.7 Å². The van der Waals surface area contributed by atoms with Crippen LogP contribution in [0.2, 0.25) is 0 Å². The van der Waals surface area contributed by atoms with Gasteiger partial charge in [-0.25, -0.2) is 0 Å². The van der Waals surface area contributed by atoms with Crippen molar-refractivity contribution >= 4 is 0 Å². The molecule has 0 spiro atoms. The number of hydrogen-bond donors (Lipinski definition) is 0. The molecule has 0 radical (unpaired) electrons. The minimum absolute atomic E-state index is 0.233. The minimum Gasteiger partial charge on any atom is -0.374 e. The van der Waals surface area contributed by atoms with E-state index in [9.17, 15) is 0 Å². The third kappa shape index (κ3) is 2.26. The highest BCUT2D eigenvalue weighted by molar-refractivity contribution is 5.22. The Morgan fingerprint density at radius 2 is 1.94 bits per heavy atom. The van der Waals surface area contributed by atoms with Crippen LogP contribution in [0, 0.1) is 17.3 Å². The molecule has 2 aliphatic rings. The third-order valence-electron chi connectivity index (χ3n) is 5.15. The fraction of sp³-hybridized carbons (Fsp3) is 1.00. The summed E-state index contributed by atoms with van der Waals surface area (Å²) in [5.74, 6) is 1.67. The van der Waals surface area contributed by atoms with Crippen molar-refractivity contribution in [2.45, 2.75) is 52.1 Å². The fourth-order valence-electron chi connectivity index (χ4n) is 3.97. The van der Waals surface area contributed by atoms with Gasteiger partial charge in [-0.1, -0.05) is 27.2 Å². The van der Waals surface area contributed by atoms with E-state index in [2.05, 4.69) is 39.8 Å². The average Bonchev–Trinajstić information content (AvgIpc) is 2.70. The second kappa shape index (κ2) is 4.55. The highest BCUT2D eigenvalue weighted by Crippen LogP contribution is 2.70. The zero-order valence-electron chi connectivity index (χ0n) is 12.3. The lowest BCUT2D eigenvalue weighted by atomic mass is 9.88. The minimum atomic E-state index is 0.233. The molecule has 0 aromatic rings. The highest BCUT2D eigenvalue weighted by atomic mass is 16.5. The van der Waals surface area contributed by atoms with Crippen molar-refractivity contribution in [3.63, 3.8) is 0 Å². The molecule has 0 aromatic heterocycles. The maximum Gasteiger partial charge on any atom is 0.0773 e. The van der Waals surface area contributed by atoms with Gasteiger partial charge in [0, 0.05) is 6.61 Å². The molecule has 17 heavy (non-hydrogen) atoms. The summed E-state index contributed by atoms with van der Waals surface area (Å²) in [6.07, 6.45) is 5.22. The molecule has 0 aliphatic heterocycles. The maximum atomic E-state index is 6.35. The van der Waals surface area contributed by atoms with Crippen LogP contribution in [0.1, 0.15) is 46.5 Å². The molecule has 0 amide bonds. The molecule has 0 N–H and O–H groups in total. The SMILES string of the molecule is CC1CCC2C(C)(C)C2(OCCCN(C)C)C1. The van der Waals surface area contributed by atoms with Crippen molar-refractivity contribution in [2.75, 3.05) is 27.2 Å². The molecule has 2 fully saturated rings. The first kappa shape index (κ1) is 13.4. The molecule has 2 saturated carbocycles. The molecule has 0 saturated heterocycles. The molecule has 0 bridgehead atoms. The summed E-state index contributed by atoms with van der Waals surface area (Å²) in [5.41, 5.74) is 0.660. The third-order valence-corrected chi connectivity index (χ3v) is 5.15. The predicted molar refractivity (Wildman–Crippen MR) is 72.1 cm³/mol. The topological polar surface area (TPSA) is 12.5 Å². The second-order valence-electron chi connectivity index (χ2n) is 7.06. The van der Waals surface area contributed by atoms with Gasteiger partial charge in [-0.2, -0.15) is 0 Å². The Morgan fingerprint density at radius 3 is 2.59 bits per heavy atom. The molecule has 2 rings (SSSR count). The van der Waals surface area contributed by atoms with Crippen LogP contribution in [0.4, 0.5) is 0 Å². The lowest BCUT2D eigenvalue weighted by Crippen LogP contribution is -2.29. The first-order chi connectivity index (χ1) is 7.90. The van der Waals surface area contributed by atoms with Crippen LogP contribution in [0.3, 0.4) is 0 Å². The first-order valence-corrected chi connectivity index (χ1v) is 7.19. The van der Waals surface area contributed by atoms with Crippen molar-refractivity contribution in [3.05, 3.63) is 0 Å². The van der Waals surface area contributed by atoms with E-state index in [1.807, 2.05) is 0 Å². The van der Waals surface area contributed by atoms with E-state index in [0.717, 1.165) is 31.4 Å². The second-order valence-corrected chi connectivity index (χ2v) is 7.06. The Balaban J connectivity index is 1.85. The van der Waals surface area contributed by atoms with Gasteiger partial charge in [-0.3, -0.25) is 0 Å². The van der Waals surface area contributed by atoms with Gasteiger partial charge < -0.3 is 9.64 Å². The molecule has 2 aliphatic carbocycles. The zero-order chi connectivity index (χ0) is 12.7. The Morgan fingerprint density at radius 1 is 1.24 bits per heavy atom. The molecule has 2 nitrogen and oxygen atoms in total. The van der Waals surface area contributed by atoms with E-state index < -0.39 is 0 Å². The Bertz CT molecular complexity index is 274. The molecule has 3 unspecified atom stereocenters. The quantitative estimate of drug-likeness (QED) is 0.683. The molecule has 0 aromatic carbocycles. The van der Waals surface area contributed by atoms with Gasteiger partial charge in [0.15, 0.2) is 0 Å². The lowest BCUT2D eigenvalue weighted by Gasteiger charge is -2.28. The van der Waals surface area contributed by atoms with E-state index in [-0.39, 0.29) is 5.60 Å². The van der Waals surface area contributed by atoms with Crippen LogP contribution in [0.25, 0.3) is 0 Å². The summed E-state index contributed by atoms with van der Waals surface area (Å²) in [5, 5.41) is 0. The molecule has 100 valence electrons. The van der Waals surface area contributed by atoms with Gasteiger partial charge in [0.25, 0.3) is 0 Å². The van der Waals surface area contributed by atoms with Crippen molar-refractivity contribution in [1.29, 1.82) is 0 Å². The number of ether oxygens (including phenoxy) is 1. The smallest absolute Gasteiger partial charge is 0.0773 e. The summed E-state index contributed by atoms with van der Waals surface area (Å²) in [7, 11) is 4.26. The summed E-state index contributed by atoms with van der Waals surface area (Å²) in [6, 6.07) is 0. The van der Waals surface area contributed by atoms with Crippen LogP contribution in [-0.2, 0) is 4.74 Å². The van der Waals surface area contributed by atoms with E-state index in [1.54, 1.807) is 0 Å². The zero-order valence-corrected chi connectivity index (χ0v) is 12.3. The van der Waals surface area contributed by atoms with Crippen molar-refractivity contribution in [2.24, 2.45) is 17.3 Å². The Hall–Kier alpha value is -0.0800. The number of nitrogens with zero attached hydrogens (tertiary/aromatic N) is 1. The first-order valence-electron chi connectivity index (χ1n) is 7.19. The van der Waals surface area contributed by atoms with Crippen molar-refractivity contribution in [3.8, 4) is 0 Å². The predicted octanol–water partition coefficient (Wildman–Crippen LogP) is 3.17. The lowest BCUT2D eigenvalue weighted by molar-refractivity contribution is -0.0275. The van der Waals surface area contributed by atoms with Gasteiger partial charge in [0.05, 0.1) is 5.60 Å². The average molecular weight is 239 g/mol. The maximum absolute atomic E-state index is 6.35. The standard InChI is InChI=1S/C15H29NO/c1-12-7-8-13-14(2,3)15(13,11-12)17-10-6-9-16(4)5/h12-13H,6-11H2,1-5H3. The van der Waals surface area contributed by atoms with Crippen molar-refractivity contribution < 1.29 is 4.74 Å². The van der Waals surface area contributed by atoms with E-state index >= 15 is 0 Å². The van der Waals surface area contributed by atoms with Crippen LogP contribution in [0.5, 0.6) is 0 Å². The Kier molecular flexibility index (Phi) is 3.57. The Labute approximate surface area is 107 Å². The van der Waals surface area contributed by atoms with Crippen LogP contribution < -0.4 is 0 Å². The van der Waals surface area contributed by atoms with Gasteiger partial charge >= 0.3 is 0 Å². The summed E-state index contributed by atoms with van der Waals surface area (Å²) < 4.78 is 6.35. The van der Waals surface area contributed by atoms with Crippen LogP contribution in [0.15, 0.2) is 0 Å². The summed E-state index contributed by atoms with van der Waals surface area (Å²) in [6.45, 7) is 9.26. The molecule has 0 heterocycles. The highest BCUT2D eigenvalue weighted by Gasteiger charge is 2.72. The monoisotopic (exact) mass is 239 g/mol. The number of rotatable bonds is 5. The number of hydrogen-bond acceptors (Lipinski definition) is 2. The van der Waals surface area contributed by atoms with Gasteiger partial charge in [-0.15, -0.1) is 0 Å². The normalized spacial score (nSPS) is 39.2. The van der Waals surface area contributed by atoms with E-state index in [4.69, 9.17) is 4.74 Å². The van der Waals surface area contributed by atoms with Gasteiger partial charge in [0.2, 0.25) is 0 Å². The largest absolute Gasteiger partial charge is 0.374 e. The summed E-state index contributed by atoms with van der Waals surface area (Å²) >= 11 is 0. The molecular formula is C15H29NO. The summed E-state index contributed by atoms with van der Waals surface area (Å²) in [4.78, 5) is 2.24. The van der Waals surface area contributed by atoms with Crippen molar-refractivity contribution in [1.82, 2.24) is 4.90 Å². The molecular weight excluding hydrogens is 210 g/mol.